The quantitative estimate of drug-likeness (QED) is 0.463. The smallest absolute Gasteiger partial charge is 0.288 e. The van der Waals surface area contributed by atoms with E-state index in [1.165, 1.54) is 7.05 Å². The van der Waals surface area contributed by atoms with E-state index in [9.17, 15) is 35.9 Å². The maximum absolute atomic E-state index is 12.8. The maximum Gasteiger partial charge on any atom is 0.417 e. The largest absolute Gasteiger partial charge is 0.417 e. The molecule has 3 aromatic rings. The number of hydrogen-bond donors (Lipinski definition) is 0. The summed E-state index contributed by atoms with van der Waals surface area (Å²) in [4.78, 5) is 28.7. The third kappa shape index (κ3) is 3.97. The third-order valence-electron chi connectivity index (χ3n) is 3.91. The van der Waals surface area contributed by atoms with Gasteiger partial charge in [0, 0.05) is 12.6 Å². The summed E-state index contributed by atoms with van der Waals surface area (Å²) in [7, 11) is 1.24. The van der Waals surface area contributed by atoms with Crippen LogP contribution < -0.4 is 5.56 Å². The molecule has 13 heteroatoms. The number of carbonyl (C=O) groups excluding carboxylic acids is 1. The lowest BCUT2D eigenvalue weighted by Crippen LogP contribution is -2.28. The molecule has 0 spiro atoms. The highest BCUT2D eigenvalue weighted by atomic mass is 35.5. The van der Waals surface area contributed by atoms with Crippen LogP contribution in [0.15, 0.2) is 29.3 Å². The van der Waals surface area contributed by atoms with E-state index in [4.69, 9.17) is 11.6 Å². The number of halogens is 7. The Morgan fingerprint density at radius 2 is 1.79 bits per heavy atom. The van der Waals surface area contributed by atoms with E-state index in [2.05, 4.69) is 10.1 Å². The molecule has 0 aliphatic heterocycles. The molecule has 0 fully saturated rings. The minimum absolute atomic E-state index is 0.242. The number of ketones is 1. The van der Waals surface area contributed by atoms with Gasteiger partial charge in [0.15, 0.2) is 5.52 Å². The SMILES string of the molecule is Cn1nc2c(=O)n(CC(F)(F)F)cnc2c1C(=O)c1ccc(C(F)(F)F)c(Cl)c1. The molecule has 0 aliphatic rings. The van der Waals surface area contributed by atoms with E-state index in [0.717, 1.165) is 16.8 Å². The minimum Gasteiger partial charge on any atom is -0.288 e. The molecule has 29 heavy (non-hydrogen) atoms. The predicted molar refractivity (Wildman–Crippen MR) is 88.7 cm³/mol. The normalized spacial score (nSPS) is 12.6. The lowest BCUT2D eigenvalue weighted by atomic mass is 10.0. The molecule has 3 rings (SSSR count). The van der Waals surface area contributed by atoms with E-state index in [1.54, 1.807) is 0 Å². The van der Waals surface area contributed by atoms with Gasteiger partial charge in [-0.25, -0.2) is 4.98 Å². The van der Waals surface area contributed by atoms with Crippen LogP contribution in [0.25, 0.3) is 11.0 Å². The second-order valence-corrected chi connectivity index (χ2v) is 6.39. The van der Waals surface area contributed by atoms with Crippen LogP contribution in [-0.2, 0) is 19.8 Å². The molecular formula is C16H9ClF6N4O2. The van der Waals surface area contributed by atoms with Crippen molar-refractivity contribution in [2.75, 3.05) is 0 Å². The number of aromatic nitrogens is 4. The van der Waals surface area contributed by atoms with Crippen molar-refractivity contribution in [3.05, 3.63) is 56.7 Å². The maximum atomic E-state index is 12.8. The Morgan fingerprint density at radius 3 is 2.34 bits per heavy atom. The summed E-state index contributed by atoms with van der Waals surface area (Å²) in [6.45, 7) is -1.59. The van der Waals surface area contributed by atoms with Crippen molar-refractivity contribution in [2.24, 2.45) is 7.05 Å². The Hall–Kier alpha value is -2.89. The molecule has 0 atom stereocenters. The number of hydrogen-bond acceptors (Lipinski definition) is 4. The van der Waals surface area contributed by atoms with Crippen molar-refractivity contribution in [3.8, 4) is 0 Å². The third-order valence-corrected chi connectivity index (χ3v) is 4.23. The summed E-state index contributed by atoms with van der Waals surface area (Å²) in [6.07, 6.45) is -8.77. The highest BCUT2D eigenvalue weighted by Crippen LogP contribution is 2.35. The average Bonchev–Trinajstić information content (AvgIpc) is 2.91. The first-order chi connectivity index (χ1) is 13.3. The zero-order chi connectivity index (χ0) is 21.7. The number of benzene rings is 1. The van der Waals surface area contributed by atoms with E-state index in [-0.39, 0.29) is 16.8 Å². The van der Waals surface area contributed by atoms with Crippen molar-refractivity contribution < 1.29 is 31.1 Å². The van der Waals surface area contributed by atoms with Crippen molar-refractivity contribution >= 4 is 28.4 Å². The molecule has 1 aromatic carbocycles. The highest BCUT2D eigenvalue weighted by Gasteiger charge is 2.34. The van der Waals surface area contributed by atoms with E-state index < -0.39 is 46.3 Å². The van der Waals surface area contributed by atoms with E-state index in [0.29, 0.717) is 17.0 Å². The van der Waals surface area contributed by atoms with Gasteiger partial charge in [-0.05, 0) is 12.1 Å². The Balaban J connectivity index is 2.10. The van der Waals surface area contributed by atoms with Crippen LogP contribution in [0.1, 0.15) is 21.6 Å². The molecule has 154 valence electrons. The Morgan fingerprint density at radius 1 is 1.14 bits per heavy atom. The standard InChI is InChI=1S/C16H9ClF6N4O2/c1-26-12(13(28)7-2-3-8(9(17)4-7)16(21,22)23)10-11(25-26)14(29)27(6-24-10)5-15(18,19)20/h2-4,6H,5H2,1H3. The van der Waals surface area contributed by atoms with Crippen LogP contribution in [0.3, 0.4) is 0 Å². The van der Waals surface area contributed by atoms with Gasteiger partial charge in [-0.1, -0.05) is 17.7 Å². The molecular weight excluding hydrogens is 430 g/mol. The molecule has 2 heterocycles. The molecule has 2 aromatic heterocycles. The topological polar surface area (TPSA) is 69.8 Å². The fourth-order valence-corrected chi connectivity index (χ4v) is 2.97. The Kier molecular flexibility index (Phi) is 4.93. The van der Waals surface area contributed by atoms with Crippen LogP contribution in [0, 0.1) is 0 Å². The van der Waals surface area contributed by atoms with Gasteiger partial charge in [0.25, 0.3) is 5.56 Å². The fourth-order valence-electron chi connectivity index (χ4n) is 2.68. The first-order valence-corrected chi connectivity index (χ1v) is 8.07. The van der Waals surface area contributed by atoms with Crippen molar-refractivity contribution in [3.63, 3.8) is 0 Å². The lowest BCUT2D eigenvalue weighted by Gasteiger charge is -2.10. The summed E-state index contributed by atoms with van der Waals surface area (Å²) < 4.78 is 77.3. The van der Waals surface area contributed by atoms with Crippen LogP contribution in [0.4, 0.5) is 26.3 Å². The summed E-state index contributed by atoms with van der Waals surface area (Å²) >= 11 is 5.61. The van der Waals surface area contributed by atoms with Gasteiger partial charge in [-0.2, -0.15) is 31.4 Å². The van der Waals surface area contributed by atoms with Crippen LogP contribution >= 0.6 is 11.6 Å². The van der Waals surface area contributed by atoms with Crippen LogP contribution in [-0.4, -0.2) is 31.3 Å². The molecule has 0 unspecified atom stereocenters. The lowest BCUT2D eigenvalue weighted by molar-refractivity contribution is -0.141. The molecule has 0 N–H and O–H groups in total. The number of rotatable bonds is 3. The summed E-state index contributed by atoms with van der Waals surface area (Å²) in [6, 6.07) is 2.31. The molecule has 6 nitrogen and oxygen atoms in total. The number of alkyl halides is 6. The highest BCUT2D eigenvalue weighted by molar-refractivity contribution is 6.32. The van der Waals surface area contributed by atoms with Gasteiger partial charge in [0.2, 0.25) is 5.78 Å². The first kappa shape index (κ1) is 20.8. The van der Waals surface area contributed by atoms with Crippen molar-refractivity contribution in [1.29, 1.82) is 0 Å². The van der Waals surface area contributed by atoms with Crippen LogP contribution in [0.2, 0.25) is 5.02 Å². The second kappa shape index (κ2) is 6.87. The number of fused-ring (bicyclic) bond motifs is 1. The summed E-state index contributed by atoms with van der Waals surface area (Å²) in [5.41, 5.74) is -3.55. The molecule has 0 aliphatic carbocycles. The molecule has 0 bridgehead atoms. The predicted octanol–water partition coefficient (Wildman–Crippen LogP) is 3.60. The molecule has 0 saturated carbocycles. The summed E-state index contributed by atoms with van der Waals surface area (Å²) in [5, 5.41) is 3.04. The van der Waals surface area contributed by atoms with E-state index >= 15 is 0 Å². The zero-order valence-electron chi connectivity index (χ0n) is 14.3. The monoisotopic (exact) mass is 438 g/mol. The van der Waals surface area contributed by atoms with Gasteiger partial charge in [0.1, 0.15) is 17.8 Å². The van der Waals surface area contributed by atoms with Gasteiger partial charge >= 0.3 is 12.4 Å². The summed E-state index contributed by atoms with van der Waals surface area (Å²) in [5.74, 6) is -0.855. The number of nitrogens with zero attached hydrogens (tertiary/aromatic N) is 4. The number of carbonyl (C=O) groups is 1. The molecule has 0 saturated heterocycles. The van der Waals surface area contributed by atoms with Crippen LogP contribution in [0.5, 0.6) is 0 Å². The first-order valence-electron chi connectivity index (χ1n) is 7.70. The Labute approximate surface area is 162 Å². The zero-order valence-corrected chi connectivity index (χ0v) is 15.0. The second-order valence-electron chi connectivity index (χ2n) is 5.98. The van der Waals surface area contributed by atoms with Gasteiger partial charge in [-0.15, -0.1) is 0 Å². The van der Waals surface area contributed by atoms with Crippen molar-refractivity contribution in [2.45, 2.75) is 18.9 Å². The molecule has 0 amide bonds. The van der Waals surface area contributed by atoms with Gasteiger partial charge < -0.3 is 0 Å². The van der Waals surface area contributed by atoms with Crippen molar-refractivity contribution in [1.82, 2.24) is 19.3 Å². The number of aryl methyl sites for hydroxylation is 1. The average molecular weight is 439 g/mol. The Bertz CT molecular complexity index is 1180. The van der Waals surface area contributed by atoms with Gasteiger partial charge in [-0.3, -0.25) is 18.8 Å². The minimum atomic E-state index is -4.72. The van der Waals surface area contributed by atoms with Gasteiger partial charge in [0.05, 0.1) is 16.9 Å². The molecule has 0 radical (unpaired) electrons. The van der Waals surface area contributed by atoms with E-state index in [1.807, 2.05) is 0 Å². The fraction of sp³-hybridized carbons (Fsp3) is 0.250.